The lowest BCUT2D eigenvalue weighted by Gasteiger charge is -2.11. The maximum atomic E-state index is 4.45. The van der Waals surface area contributed by atoms with Gasteiger partial charge in [0.25, 0.3) is 0 Å². The Morgan fingerprint density at radius 1 is 1.29 bits per heavy atom. The zero-order valence-electron chi connectivity index (χ0n) is 12.5. The third-order valence-corrected chi connectivity index (χ3v) is 4.79. The molecule has 0 aliphatic heterocycles. The number of hydrogen-bond donors (Lipinski definition) is 2. The number of halogens is 1. The monoisotopic (exact) mass is 436 g/mol. The zero-order chi connectivity index (χ0) is 14.4. The molecule has 2 rings (SSSR count). The minimum absolute atomic E-state index is 0. The molecule has 0 atom stereocenters. The SMILES string of the molecule is CN=C(NCCc1csc(C)n1)NCc1sccc1C.I. The van der Waals surface area contributed by atoms with Crippen molar-refractivity contribution in [1.82, 2.24) is 15.6 Å². The molecule has 21 heavy (non-hydrogen) atoms. The number of guanidine groups is 1. The Labute approximate surface area is 151 Å². The van der Waals surface area contributed by atoms with Crippen molar-refractivity contribution < 1.29 is 0 Å². The van der Waals surface area contributed by atoms with Gasteiger partial charge in [-0.2, -0.15) is 0 Å². The lowest BCUT2D eigenvalue weighted by molar-refractivity contribution is 0.789. The number of nitrogens with one attached hydrogen (secondary N) is 2. The van der Waals surface area contributed by atoms with E-state index in [1.54, 1.807) is 29.7 Å². The van der Waals surface area contributed by atoms with E-state index in [9.17, 15) is 0 Å². The second-order valence-corrected chi connectivity index (χ2v) is 6.55. The van der Waals surface area contributed by atoms with E-state index in [-0.39, 0.29) is 24.0 Å². The molecule has 0 fully saturated rings. The van der Waals surface area contributed by atoms with Crippen LogP contribution in [0.15, 0.2) is 21.8 Å². The molecular formula is C14H21IN4S2. The average molecular weight is 436 g/mol. The van der Waals surface area contributed by atoms with Crippen molar-refractivity contribution in [2.24, 2.45) is 4.99 Å². The summed E-state index contributed by atoms with van der Waals surface area (Å²) in [4.78, 5) is 10.0. The molecule has 4 nitrogen and oxygen atoms in total. The van der Waals surface area contributed by atoms with Crippen molar-refractivity contribution in [3.8, 4) is 0 Å². The molecule has 0 aliphatic carbocycles. The number of aromatic nitrogens is 1. The quantitative estimate of drug-likeness (QED) is 0.430. The molecule has 0 saturated heterocycles. The summed E-state index contributed by atoms with van der Waals surface area (Å²) in [6.45, 7) is 5.82. The Hall–Kier alpha value is -0.670. The molecule has 0 bridgehead atoms. The summed E-state index contributed by atoms with van der Waals surface area (Å²) in [5.74, 6) is 0.838. The fourth-order valence-electron chi connectivity index (χ4n) is 1.80. The molecule has 0 amide bonds. The van der Waals surface area contributed by atoms with E-state index in [2.05, 4.69) is 44.4 Å². The maximum Gasteiger partial charge on any atom is 0.191 e. The van der Waals surface area contributed by atoms with Crippen LogP contribution in [0.5, 0.6) is 0 Å². The summed E-state index contributed by atoms with van der Waals surface area (Å²) in [5, 5.41) is 12.0. The van der Waals surface area contributed by atoms with Crippen LogP contribution in [0.3, 0.4) is 0 Å². The molecular weight excluding hydrogens is 415 g/mol. The highest BCUT2D eigenvalue weighted by molar-refractivity contribution is 14.0. The van der Waals surface area contributed by atoms with Crippen LogP contribution < -0.4 is 10.6 Å². The van der Waals surface area contributed by atoms with Gasteiger partial charge in [-0.3, -0.25) is 4.99 Å². The molecule has 7 heteroatoms. The molecule has 2 N–H and O–H groups in total. The summed E-state index contributed by atoms with van der Waals surface area (Å²) >= 11 is 3.47. The van der Waals surface area contributed by atoms with Crippen molar-refractivity contribution >= 4 is 52.6 Å². The first-order valence-corrected chi connectivity index (χ1v) is 8.33. The molecule has 0 spiro atoms. The first-order valence-electron chi connectivity index (χ1n) is 6.57. The number of aryl methyl sites for hydroxylation is 2. The van der Waals surface area contributed by atoms with Gasteiger partial charge in [0, 0.05) is 30.3 Å². The van der Waals surface area contributed by atoms with Gasteiger partial charge >= 0.3 is 0 Å². The van der Waals surface area contributed by atoms with Crippen LogP contribution in [0.1, 0.15) is 21.1 Å². The summed E-state index contributed by atoms with van der Waals surface area (Å²) < 4.78 is 0. The largest absolute Gasteiger partial charge is 0.356 e. The normalized spacial score (nSPS) is 11.1. The van der Waals surface area contributed by atoms with Crippen LogP contribution in [0.2, 0.25) is 0 Å². The molecule has 116 valence electrons. The van der Waals surface area contributed by atoms with Gasteiger partial charge in [0.15, 0.2) is 5.96 Å². The average Bonchev–Trinajstić information content (AvgIpc) is 3.03. The van der Waals surface area contributed by atoms with Crippen molar-refractivity contribution in [3.63, 3.8) is 0 Å². The van der Waals surface area contributed by atoms with E-state index in [1.807, 2.05) is 6.92 Å². The summed E-state index contributed by atoms with van der Waals surface area (Å²) in [6, 6.07) is 2.14. The first kappa shape index (κ1) is 18.4. The number of nitrogens with zero attached hydrogens (tertiary/aromatic N) is 2. The highest BCUT2D eigenvalue weighted by atomic mass is 127. The number of rotatable bonds is 5. The number of hydrogen-bond acceptors (Lipinski definition) is 4. The molecule has 2 aromatic heterocycles. The summed E-state index contributed by atoms with van der Waals surface area (Å²) in [6.07, 6.45) is 0.920. The molecule has 0 aliphatic rings. The summed E-state index contributed by atoms with van der Waals surface area (Å²) in [5.41, 5.74) is 2.47. The fourth-order valence-corrected chi connectivity index (χ4v) is 3.29. The van der Waals surface area contributed by atoms with E-state index >= 15 is 0 Å². The highest BCUT2D eigenvalue weighted by Gasteiger charge is 2.03. The van der Waals surface area contributed by atoms with E-state index in [1.165, 1.54) is 10.4 Å². The lowest BCUT2D eigenvalue weighted by Crippen LogP contribution is -2.37. The van der Waals surface area contributed by atoms with E-state index in [4.69, 9.17) is 0 Å². The van der Waals surface area contributed by atoms with Gasteiger partial charge in [-0.15, -0.1) is 46.7 Å². The molecule has 0 radical (unpaired) electrons. The Bertz CT molecular complexity index is 577. The summed E-state index contributed by atoms with van der Waals surface area (Å²) in [7, 11) is 1.80. The Kier molecular flexibility index (Phi) is 8.20. The van der Waals surface area contributed by atoms with E-state index in [0.717, 1.165) is 36.2 Å². The second kappa shape index (κ2) is 9.37. The second-order valence-electron chi connectivity index (χ2n) is 4.49. The van der Waals surface area contributed by atoms with Gasteiger partial charge in [0.05, 0.1) is 17.2 Å². The molecule has 0 saturated carbocycles. The number of thiophene rings is 1. The first-order chi connectivity index (χ1) is 9.69. The molecule has 2 heterocycles. The smallest absolute Gasteiger partial charge is 0.191 e. The van der Waals surface area contributed by atoms with Crippen molar-refractivity contribution in [2.45, 2.75) is 26.8 Å². The van der Waals surface area contributed by atoms with Crippen molar-refractivity contribution in [1.29, 1.82) is 0 Å². The zero-order valence-corrected chi connectivity index (χ0v) is 16.4. The predicted octanol–water partition coefficient (Wildman–Crippen LogP) is 3.35. The number of thiazole rings is 1. The maximum absolute atomic E-state index is 4.45. The third-order valence-electron chi connectivity index (χ3n) is 2.95. The van der Waals surface area contributed by atoms with Gasteiger partial charge in [-0.25, -0.2) is 4.98 Å². The third kappa shape index (κ3) is 5.91. The van der Waals surface area contributed by atoms with Crippen LogP contribution in [0.4, 0.5) is 0 Å². The predicted molar refractivity (Wildman–Crippen MR) is 103 cm³/mol. The van der Waals surface area contributed by atoms with Gasteiger partial charge in [-0.1, -0.05) is 0 Å². The van der Waals surface area contributed by atoms with Gasteiger partial charge in [-0.05, 0) is 30.9 Å². The Morgan fingerprint density at radius 3 is 2.67 bits per heavy atom. The molecule has 0 aromatic carbocycles. The van der Waals surface area contributed by atoms with Crippen molar-refractivity contribution in [3.05, 3.63) is 38.0 Å². The van der Waals surface area contributed by atoms with Crippen LogP contribution in [0, 0.1) is 13.8 Å². The highest BCUT2D eigenvalue weighted by Crippen LogP contribution is 2.14. The van der Waals surface area contributed by atoms with Crippen LogP contribution >= 0.6 is 46.7 Å². The Morgan fingerprint density at radius 2 is 2.10 bits per heavy atom. The van der Waals surface area contributed by atoms with Crippen LogP contribution in [0.25, 0.3) is 0 Å². The minimum Gasteiger partial charge on any atom is -0.356 e. The lowest BCUT2D eigenvalue weighted by atomic mass is 10.3. The standard InChI is InChI=1S/C14H20N4S2.HI/c1-10-5-7-19-13(10)8-17-14(15-3)16-6-4-12-9-20-11(2)18-12;/h5,7,9H,4,6,8H2,1-3H3,(H2,15,16,17);1H. The van der Waals surface area contributed by atoms with Crippen LogP contribution in [-0.4, -0.2) is 24.5 Å². The fraction of sp³-hybridized carbons (Fsp3) is 0.429. The molecule has 0 unspecified atom stereocenters. The number of aliphatic imine (C=N–C) groups is 1. The van der Waals surface area contributed by atoms with Crippen LogP contribution in [-0.2, 0) is 13.0 Å². The van der Waals surface area contributed by atoms with E-state index in [0.29, 0.717) is 0 Å². The minimum atomic E-state index is 0. The van der Waals surface area contributed by atoms with Gasteiger partial charge in [0.2, 0.25) is 0 Å². The Balaban J connectivity index is 0.00000220. The topological polar surface area (TPSA) is 49.3 Å². The van der Waals surface area contributed by atoms with Gasteiger partial charge < -0.3 is 10.6 Å². The van der Waals surface area contributed by atoms with E-state index < -0.39 is 0 Å². The van der Waals surface area contributed by atoms with Gasteiger partial charge in [0.1, 0.15) is 0 Å². The van der Waals surface area contributed by atoms with Crippen molar-refractivity contribution in [2.75, 3.05) is 13.6 Å². The molecule has 2 aromatic rings.